The lowest BCUT2D eigenvalue weighted by molar-refractivity contribution is -0.547. The molecule has 0 aromatic heterocycles. The molecule has 1 aliphatic heterocycles. The van der Waals surface area contributed by atoms with Crippen molar-refractivity contribution in [2.45, 2.75) is 74.3 Å². The number of rotatable bonds is 3. The van der Waals surface area contributed by atoms with Crippen LogP contribution in [0.1, 0.15) is 13.8 Å². The van der Waals surface area contributed by atoms with Crippen LogP contribution in [0.15, 0.2) is 0 Å². The van der Waals surface area contributed by atoms with Crippen LogP contribution in [-0.2, 0) is 9.47 Å². The second-order valence-corrected chi connectivity index (χ2v) is 7.72. The van der Waals surface area contributed by atoms with Gasteiger partial charge in [0, 0.05) is 6.92 Å². The van der Waals surface area contributed by atoms with E-state index in [4.69, 9.17) is 0 Å². The maximum absolute atomic E-state index is 15.6. The number of hydrogen-bond donors (Lipinski definition) is 0. The highest BCUT2D eigenvalue weighted by Crippen LogP contribution is 2.79. The van der Waals surface area contributed by atoms with Crippen LogP contribution in [0.5, 0.6) is 0 Å². The first kappa shape index (κ1) is 34.4. The highest BCUT2D eigenvalue weighted by Gasteiger charge is 3.08. The minimum absolute atomic E-state index is 1.08. The Labute approximate surface area is 192 Å². The molecule has 0 aromatic rings. The molecule has 38 heavy (non-hydrogen) atoms. The van der Waals surface area contributed by atoms with Crippen LogP contribution in [0.25, 0.3) is 0 Å². The minimum atomic E-state index is -9.18. The van der Waals surface area contributed by atoms with Crippen molar-refractivity contribution in [1.82, 2.24) is 0 Å². The maximum Gasteiger partial charge on any atom is 0.418 e. The summed E-state index contributed by atoms with van der Waals surface area (Å²) in [6.07, 6.45) is -52.9. The van der Waals surface area contributed by atoms with Crippen molar-refractivity contribution in [1.29, 1.82) is 0 Å². The monoisotopic (exact) mass is 624 g/mol. The molecule has 1 fully saturated rings. The smallest absolute Gasteiger partial charge is 0.301 e. The summed E-state index contributed by atoms with van der Waals surface area (Å²) in [6.45, 7) is -2.30. The van der Waals surface area contributed by atoms with Crippen LogP contribution in [0.2, 0.25) is 0 Å². The Balaban J connectivity index is 4.86. The highest BCUT2D eigenvalue weighted by molar-refractivity contribution is 5.25. The fourth-order valence-corrected chi connectivity index (χ4v) is 3.56. The molecule has 2 atom stereocenters. The van der Waals surface area contributed by atoms with Gasteiger partial charge >= 0.3 is 59.6 Å². The third kappa shape index (κ3) is 3.80. The largest absolute Gasteiger partial charge is 0.418 e. The lowest BCUT2D eigenvalue weighted by Gasteiger charge is -2.53. The van der Waals surface area contributed by atoms with Gasteiger partial charge in [-0.1, -0.05) is 0 Å². The summed E-state index contributed by atoms with van der Waals surface area (Å²) >= 11 is 0. The summed E-state index contributed by atoms with van der Waals surface area (Å²) in [5.74, 6) is -29.5. The third-order valence-corrected chi connectivity index (χ3v) is 5.40. The van der Waals surface area contributed by atoms with E-state index in [0.29, 0.717) is 0 Å². The number of ether oxygens (including phenoxy) is 2. The molecule has 0 saturated carbocycles. The Kier molecular flexibility index (Phi) is 7.23. The molecule has 0 radical (unpaired) electrons. The van der Waals surface area contributed by atoms with Gasteiger partial charge in [-0.05, 0) is 6.92 Å². The molecule has 0 bridgehead atoms. The van der Waals surface area contributed by atoms with Gasteiger partial charge < -0.3 is 9.47 Å². The Hall–Kier alpha value is -1.62. The first-order valence-electron chi connectivity index (χ1n) is 8.47. The van der Waals surface area contributed by atoms with E-state index in [2.05, 4.69) is 9.47 Å². The third-order valence-electron chi connectivity index (χ3n) is 5.40. The summed E-state index contributed by atoms with van der Waals surface area (Å²) in [5.41, 5.74) is -18.4. The summed E-state index contributed by atoms with van der Waals surface area (Å²) in [4.78, 5) is 0. The lowest BCUT2D eigenvalue weighted by Crippen LogP contribution is -2.82. The predicted octanol–water partition coefficient (Wildman–Crippen LogP) is 8.08. The van der Waals surface area contributed by atoms with Crippen molar-refractivity contribution in [3.63, 3.8) is 0 Å². The lowest BCUT2D eigenvalue weighted by atomic mass is 9.64. The Morgan fingerprint density at radius 2 is 0.553 bits per heavy atom. The van der Waals surface area contributed by atoms with Crippen LogP contribution in [0, 0.1) is 10.8 Å². The van der Waals surface area contributed by atoms with Crippen molar-refractivity contribution >= 4 is 0 Å². The first-order chi connectivity index (χ1) is 15.9. The van der Waals surface area contributed by atoms with Gasteiger partial charge in [0.15, 0.2) is 0 Å². The first-order valence-corrected chi connectivity index (χ1v) is 8.47. The van der Waals surface area contributed by atoms with E-state index in [1.54, 1.807) is 0 Å². The zero-order valence-corrected chi connectivity index (χ0v) is 17.1. The van der Waals surface area contributed by atoms with Gasteiger partial charge in [0.25, 0.3) is 5.92 Å². The molecule has 228 valence electrons. The molecule has 1 heterocycles. The number of alkyl halides is 22. The molecule has 0 amide bonds. The van der Waals surface area contributed by atoms with Crippen molar-refractivity contribution < 1.29 is 106 Å². The molecule has 24 heteroatoms. The summed E-state index contributed by atoms with van der Waals surface area (Å²) in [5, 5.41) is 0. The quantitative estimate of drug-likeness (QED) is 0.296. The van der Waals surface area contributed by atoms with E-state index in [-0.39, 0.29) is 0 Å². The highest BCUT2D eigenvalue weighted by atomic mass is 19.4. The normalized spacial score (nSPS) is 29.7. The SMILES string of the molecule is CC(F)(F)C1(C)OC(F)(C(C(F)(F)F)(C(F)(F)F)C(F)(F)F)C(F)(C(C(F)(F)F)(C(F)(F)F)C(F)(F)F)O1. The Bertz CT molecular complexity index is 756. The fraction of sp³-hybridized carbons (Fsp3) is 1.00. The standard InChI is InChI=1S/C14H6F22O2/c1-3(15,16)4(2)37-7(17,5(9(19,20)21,10(22,23)24)11(25,26)27)8(18,38-4)6(12(28,29)30,13(31,32)33)14(34,35)36/h1-2H3. The molecule has 1 rings (SSSR count). The predicted molar refractivity (Wildman–Crippen MR) is 70.1 cm³/mol. The zero-order chi connectivity index (χ0) is 31.4. The van der Waals surface area contributed by atoms with Crippen LogP contribution < -0.4 is 0 Å². The van der Waals surface area contributed by atoms with Crippen LogP contribution >= 0.6 is 0 Å². The zero-order valence-electron chi connectivity index (χ0n) is 17.1. The van der Waals surface area contributed by atoms with Gasteiger partial charge in [0.05, 0.1) is 0 Å². The average molecular weight is 624 g/mol. The minimum Gasteiger partial charge on any atom is -0.301 e. The van der Waals surface area contributed by atoms with E-state index >= 15 is 8.78 Å². The molecular weight excluding hydrogens is 618 g/mol. The molecule has 1 aliphatic rings. The van der Waals surface area contributed by atoms with Crippen molar-refractivity contribution in [2.24, 2.45) is 10.8 Å². The van der Waals surface area contributed by atoms with Crippen molar-refractivity contribution in [2.75, 3.05) is 0 Å². The molecule has 0 aliphatic carbocycles. The van der Waals surface area contributed by atoms with Gasteiger partial charge in [0.1, 0.15) is 0 Å². The van der Waals surface area contributed by atoms with Gasteiger partial charge in [-0.25, -0.2) is 17.6 Å². The van der Waals surface area contributed by atoms with Crippen LogP contribution in [0.3, 0.4) is 0 Å². The van der Waals surface area contributed by atoms with Gasteiger partial charge in [-0.2, -0.15) is 79.0 Å². The summed E-state index contributed by atoms with van der Waals surface area (Å²) in [6, 6.07) is 0. The molecule has 1 saturated heterocycles. The van der Waals surface area contributed by atoms with Gasteiger partial charge in [-0.15, -0.1) is 0 Å². The van der Waals surface area contributed by atoms with Crippen LogP contribution in [0.4, 0.5) is 96.6 Å². The van der Waals surface area contributed by atoms with Gasteiger partial charge in [-0.3, -0.25) is 0 Å². The molecule has 0 aromatic carbocycles. The molecular formula is C14H6F22O2. The van der Waals surface area contributed by atoms with E-state index < -0.39 is 85.2 Å². The summed E-state index contributed by atoms with van der Waals surface area (Å²) in [7, 11) is 0. The molecule has 2 unspecified atom stereocenters. The average Bonchev–Trinajstić information content (AvgIpc) is 2.65. The van der Waals surface area contributed by atoms with E-state index in [1.165, 1.54) is 0 Å². The maximum atomic E-state index is 15.6. The van der Waals surface area contributed by atoms with E-state index in [9.17, 15) is 87.8 Å². The molecule has 0 N–H and O–H groups in total. The summed E-state index contributed by atoms with van der Waals surface area (Å²) < 4.78 is 305. The van der Waals surface area contributed by atoms with Crippen molar-refractivity contribution in [3.05, 3.63) is 0 Å². The second kappa shape index (κ2) is 7.98. The van der Waals surface area contributed by atoms with Crippen LogP contribution in [-0.4, -0.2) is 60.5 Å². The topological polar surface area (TPSA) is 18.5 Å². The van der Waals surface area contributed by atoms with E-state index in [0.717, 1.165) is 0 Å². The fourth-order valence-electron chi connectivity index (χ4n) is 3.56. The number of hydrogen-bond acceptors (Lipinski definition) is 2. The van der Waals surface area contributed by atoms with Gasteiger partial charge in [0.2, 0.25) is 5.79 Å². The Morgan fingerprint density at radius 3 is 0.658 bits per heavy atom. The molecule has 0 spiro atoms. The number of halogens is 22. The second-order valence-electron chi connectivity index (χ2n) is 7.72. The Morgan fingerprint density at radius 1 is 0.395 bits per heavy atom. The molecule has 2 nitrogen and oxygen atoms in total. The van der Waals surface area contributed by atoms with Crippen molar-refractivity contribution in [3.8, 4) is 0 Å². The van der Waals surface area contributed by atoms with E-state index in [1.807, 2.05) is 0 Å².